The Morgan fingerprint density at radius 1 is 1.19 bits per heavy atom. The van der Waals surface area contributed by atoms with Crippen LogP contribution >= 0.6 is 11.3 Å². The van der Waals surface area contributed by atoms with Crippen molar-refractivity contribution in [3.8, 4) is 17.1 Å². The fourth-order valence-electron chi connectivity index (χ4n) is 2.55. The molecule has 0 bridgehead atoms. The summed E-state index contributed by atoms with van der Waals surface area (Å²) in [5.41, 5.74) is 3.86. The van der Waals surface area contributed by atoms with Crippen LogP contribution in [0.5, 0.6) is 5.75 Å². The van der Waals surface area contributed by atoms with Crippen molar-refractivity contribution in [2.45, 2.75) is 32.9 Å². The number of hydrogen-bond donors (Lipinski definition) is 0. The van der Waals surface area contributed by atoms with Crippen molar-refractivity contribution in [3.63, 3.8) is 0 Å². The number of aryl methyl sites for hydroxylation is 3. The molecule has 0 aliphatic heterocycles. The summed E-state index contributed by atoms with van der Waals surface area (Å²) in [5, 5.41) is 3.42. The van der Waals surface area contributed by atoms with Gasteiger partial charge in [-0.05, 0) is 49.9 Å². The maximum atomic E-state index is 12.6. The highest BCUT2D eigenvalue weighted by atomic mass is 32.1. The Hall–Kier alpha value is -2.42. The van der Waals surface area contributed by atoms with Gasteiger partial charge in [0, 0.05) is 16.6 Å². The fraction of sp³-hybridized carbons (Fsp3) is 0.353. The molecule has 0 aliphatic rings. The quantitative estimate of drug-likeness (QED) is 0.570. The average molecular weight is 383 g/mol. The predicted octanol–water partition coefficient (Wildman–Crippen LogP) is 4.84. The summed E-state index contributed by atoms with van der Waals surface area (Å²) in [6, 6.07) is 3.38. The van der Waals surface area contributed by atoms with Crippen molar-refractivity contribution < 1.29 is 22.4 Å². The monoisotopic (exact) mass is 383 g/mol. The van der Waals surface area contributed by atoms with Gasteiger partial charge in [0.25, 0.3) is 0 Å². The van der Waals surface area contributed by atoms with E-state index in [1.54, 1.807) is 29.0 Å². The molecule has 0 aliphatic carbocycles. The first-order chi connectivity index (χ1) is 12.3. The molecule has 1 aromatic carbocycles. The molecular weight excluding hydrogens is 367 g/mol. The Morgan fingerprint density at radius 3 is 2.50 bits per heavy atom. The Bertz CT molecular complexity index is 853. The highest BCUT2D eigenvalue weighted by molar-refractivity contribution is 7.09. The van der Waals surface area contributed by atoms with Gasteiger partial charge in [-0.2, -0.15) is 18.2 Å². The number of rotatable bonds is 6. The number of alkyl halides is 3. The minimum atomic E-state index is -4.66. The predicted molar refractivity (Wildman–Crippen MR) is 90.1 cm³/mol. The molecule has 0 saturated carbocycles. The lowest BCUT2D eigenvalue weighted by Crippen LogP contribution is -2.05. The van der Waals surface area contributed by atoms with Crippen LogP contribution in [0.15, 0.2) is 28.4 Å². The summed E-state index contributed by atoms with van der Waals surface area (Å²) in [7, 11) is 0. The summed E-state index contributed by atoms with van der Waals surface area (Å²) in [6.45, 7) is 4.21. The lowest BCUT2D eigenvalue weighted by atomic mass is 10.1. The van der Waals surface area contributed by atoms with Crippen LogP contribution in [0.1, 0.15) is 28.3 Å². The molecule has 9 heteroatoms. The molecule has 0 amide bonds. The largest absolute Gasteiger partial charge is 0.493 e. The summed E-state index contributed by atoms with van der Waals surface area (Å²) in [4.78, 5) is 8.65. The van der Waals surface area contributed by atoms with E-state index in [1.165, 1.54) is 4.88 Å². The van der Waals surface area contributed by atoms with Gasteiger partial charge in [-0.3, -0.25) is 4.98 Å². The molecule has 0 fully saturated rings. The van der Waals surface area contributed by atoms with Gasteiger partial charge < -0.3 is 9.26 Å². The molecule has 3 aromatic rings. The number of benzene rings is 1. The zero-order valence-corrected chi connectivity index (χ0v) is 14.9. The maximum Gasteiger partial charge on any atom is 0.471 e. The minimum absolute atomic E-state index is 0.0970. The van der Waals surface area contributed by atoms with Crippen molar-refractivity contribution in [1.82, 2.24) is 15.1 Å². The molecule has 138 valence electrons. The van der Waals surface area contributed by atoms with Crippen molar-refractivity contribution in [2.24, 2.45) is 0 Å². The first-order valence-corrected chi connectivity index (χ1v) is 8.75. The maximum absolute atomic E-state index is 12.6. The highest BCUT2D eigenvalue weighted by Gasteiger charge is 2.38. The SMILES string of the molecule is Cc1cc(-c2noc(C(F)(F)F)n2)cc(C)c1OCCCc1cncs1. The second-order valence-corrected chi connectivity index (χ2v) is 6.75. The van der Waals surface area contributed by atoms with Gasteiger partial charge in [0.2, 0.25) is 5.82 Å². The zero-order valence-electron chi connectivity index (χ0n) is 14.1. The lowest BCUT2D eigenvalue weighted by molar-refractivity contribution is -0.159. The molecule has 0 atom stereocenters. The first kappa shape index (κ1) is 18.4. The van der Waals surface area contributed by atoms with E-state index in [1.807, 2.05) is 20.0 Å². The van der Waals surface area contributed by atoms with E-state index in [9.17, 15) is 13.2 Å². The van der Waals surface area contributed by atoms with Crippen LogP contribution in [0.4, 0.5) is 13.2 Å². The summed E-state index contributed by atoms with van der Waals surface area (Å²) in [6.07, 6.45) is -1.07. The van der Waals surface area contributed by atoms with Crippen LogP contribution < -0.4 is 4.74 Å². The van der Waals surface area contributed by atoms with Gasteiger partial charge in [0.05, 0.1) is 12.1 Å². The molecule has 2 heterocycles. The lowest BCUT2D eigenvalue weighted by Gasteiger charge is -2.13. The van der Waals surface area contributed by atoms with Crippen LogP contribution in [0.3, 0.4) is 0 Å². The molecule has 3 rings (SSSR count). The van der Waals surface area contributed by atoms with Crippen LogP contribution in [0.25, 0.3) is 11.4 Å². The summed E-state index contributed by atoms with van der Waals surface area (Å²) in [5.74, 6) is -0.732. The van der Waals surface area contributed by atoms with E-state index in [0.717, 1.165) is 29.7 Å². The van der Waals surface area contributed by atoms with Gasteiger partial charge in [-0.25, -0.2) is 0 Å². The van der Waals surface area contributed by atoms with Gasteiger partial charge >= 0.3 is 12.1 Å². The second-order valence-electron chi connectivity index (χ2n) is 5.78. The Balaban J connectivity index is 1.68. The van der Waals surface area contributed by atoms with Gasteiger partial charge in [0.1, 0.15) is 5.75 Å². The van der Waals surface area contributed by atoms with Gasteiger partial charge in [-0.15, -0.1) is 11.3 Å². The van der Waals surface area contributed by atoms with Crippen LogP contribution in [0, 0.1) is 13.8 Å². The standard InChI is InChI=1S/C17H16F3N3O2S/c1-10-6-12(15-22-16(25-23-15)17(18,19)20)7-11(2)14(10)24-5-3-4-13-8-21-9-26-13/h6-9H,3-5H2,1-2H3. The summed E-state index contributed by atoms with van der Waals surface area (Å²) >= 11 is 1.61. The third kappa shape index (κ3) is 4.21. The van der Waals surface area contributed by atoms with E-state index < -0.39 is 12.1 Å². The molecule has 0 radical (unpaired) electrons. The Labute approximate surface area is 151 Å². The van der Waals surface area contributed by atoms with Crippen LogP contribution in [-0.2, 0) is 12.6 Å². The number of halogens is 3. The minimum Gasteiger partial charge on any atom is -0.493 e. The third-order valence-electron chi connectivity index (χ3n) is 3.68. The average Bonchev–Trinajstić information content (AvgIpc) is 3.24. The fourth-order valence-corrected chi connectivity index (χ4v) is 3.19. The molecule has 26 heavy (non-hydrogen) atoms. The number of nitrogens with zero attached hydrogens (tertiary/aromatic N) is 3. The molecule has 0 spiro atoms. The van der Waals surface area contributed by atoms with Gasteiger partial charge in [0.15, 0.2) is 0 Å². The smallest absolute Gasteiger partial charge is 0.471 e. The molecule has 2 aromatic heterocycles. The number of hydrogen-bond acceptors (Lipinski definition) is 6. The van der Waals surface area contributed by atoms with E-state index in [2.05, 4.69) is 19.6 Å². The second kappa shape index (κ2) is 7.45. The van der Waals surface area contributed by atoms with Gasteiger partial charge in [-0.1, -0.05) is 5.16 Å². The van der Waals surface area contributed by atoms with E-state index in [0.29, 0.717) is 12.2 Å². The van der Waals surface area contributed by atoms with Crippen LogP contribution in [0.2, 0.25) is 0 Å². The van der Waals surface area contributed by atoms with Crippen molar-refractivity contribution >= 4 is 11.3 Å². The molecular formula is C17H16F3N3O2S. The van der Waals surface area contributed by atoms with Crippen molar-refractivity contribution in [1.29, 1.82) is 0 Å². The molecule has 0 N–H and O–H groups in total. The number of aromatic nitrogens is 3. The van der Waals surface area contributed by atoms with E-state index in [-0.39, 0.29) is 5.82 Å². The topological polar surface area (TPSA) is 61.0 Å². The zero-order chi connectivity index (χ0) is 18.7. The number of ether oxygens (including phenoxy) is 1. The van der Waals surface area contributed by atoms with E-state index in [4.69, 9.17) is 4.74 Å². The molecule has 5 nitrogen and oxygen atoms in total. The normalized spacial score (nSPS) is 11.7. The highest BCUT2D eigenvalue weighted by Crippen LogP contribution is 2.32. The Kier molecular flexibility index (Phi) is 5.26. The Morgan fingerprint density at radius 2 is 1.92 bits per heavy atom. The molecule has 0 saturated heterocycles. The number of thiazole rings is 1. The molecule has 0 unspecified atom stereocenters. The van der Waals surface area contributed by atoms with Crippen molar-refractivity contribution in [3.05, 3.63) is 45.7 Å². The summed E-state index contributed by atoms with van der Waals surface area (Å²) < 4.78 is 47.9. The van der Waals surface area contributed by atoms with E-state index >= 15 is 0 Å². The van der Waals surface area contributed by atoms with Crippen LogP contribution in [-0.4, -0.2) is 21.7 Å². The third-order valence-corrected chi connectivity index (χ3v) is 4.52. The first-order valence-electron chi connectivity index (χ1n) is 7.87. The van der Waals surface area contributed by atoms with Crippen molar-refractivity contribution in [2.75, 3.05) is 6.61 Å².